The molecule has 0 aliphatic heterocycles. The summed E-state index contributed by atoms with van der Waals surface area (Å²) in [5.74, 6) is -1.08. The summed E-state index contributed by atoms with van der Waals surface area (Å²) in [6.07, 6.45) is -2.38. The first-order valence-corrected chi connectivity index (χ1v) is 9.47. The maximum atomic E-state index is 14.2. The molecular formula is C17H13F4N3O2S. The molecule has 0 atom stereocenters. The first-order valence-electron chi connectivity index (χ1n) is 7.57. The Balaban J connectivity index is 2.25. The number of hydrogen-bond acceptors (Lipinski definition) is 4. The van der Waals surface area contributed by atoms with E-state index in [9.17, 15) is 26.0 Å². The molecule has 2 heterocycles. The molecule has 5 nitrogen and oxygen atoms in total. The topological polar surface area (TPSA) is 64.8 Å². The normalized spacial score (nSPS) is 12.4. The molecule has 0 aliphatic rings. The van der Waals surface area contributed by atoms with Crippen LogP contribution in [-0.2, 0) is 16.0 Å². The van der Waals surface area contributed by atoms with Gasteiger partial charge in [0.05, 0.1) is 11.4 Å². The Hall–Kier alpha value is -2.75. The van der Waals surface area contributed by atoms with Gasteiger partial charge in [0.2, 0.25) is 0 Å². The van der Waals surface area contributed by atoms with E-state index in [0.29, 0.717) is 11.3 Å². The average molecular weight is 399 g/mol. The van der Waals surface area contributed by atoms with Crippen LogP contribution >= 0.6 is 0 Å². The van der Waals surface area contributed by atoms with Gasteiger partial charge in [-0.15, -0.1) is 0 Å². The van der Waals surface area contributed by atoms with E-state index in [-0.39, 0.29) is 11.4 Å². The highest BCUT2D eigenvalue weighted by Gasteiger charge is 2.35. The number of alkyl halides is 3. The molecule has 2 aromatic heterocycles. The van der Waals surface area contributed by atoms with Crippen LogP contribution in [0.3, 0.4) is 0 Å². The molecule has 0 amide bonds. The molecule has 0 saturated carbocycles. The fraction of sp³-hybridized carbons (Fsp3) is 0.176. The number of hydrogen-bond donors (Lipinski definition) is 0. The van der Waals surface area contributed by atoms with Gasteiger partial charge in [0.1, 0.15) is 10.7 Å². The molecular weight excluding hydrogens is 386 g/mol. The number of nitrogens with zero attached hydrogens (tertiary/aromatic N) is 3. The number of benzene rings is 1. The molecule has 0 saturated heterocycles. The van der Waals surface area contributed by atoms with E-state index in [2.05, 4.69) is 10.1 Å². The number of sulfone groups is 1. The van der Waals surface area contributed by atoms with Gasteiger partial charge in [0.15, 0.2) is 15.5 Å². The minimum Gasteiger partial charge on any atom is -0.261 e. The van der Waals surface area contributed by atoms with Crippen LogP contribution in [0.4, 0.5) is 17.6 Å². The second-order valence-corrected chi connectivity index (χ2v) is 7.83. The standard InChI is InChI=1S/C17H13F4N3O2S/c1-10-12(4-3-7-22-10)14-9-16(17(19,20)21)23-24(14)11-5-6-15(13(18)8-11)27(2,25)26/h3-9H,1-2H3. The van der Waals surface area contributed by atoms with Crippen LogP contribution in [0.25, 0.3) is 16.9 Å². The van der Waals surface area contributed by atoms with Gasteiger partial charge < -0.3 is 0 Å². The van der Waals surface area contributed by atoms with Crippen molar-refractivity contribution in [3.63, 3.8) is 0 Å². The minimum atomic E-state index is -4.71. The van der Waals surface area contributed by atoms with Gasteiger partial charge in [-0.1, -0.05) is 0 Å². The maximum Gasteiger partial charge on any atom is 0.435 e. The Labute approximate surface area is 152 Å². The fourth-order valence-corrected chi connectivity index (χ4v) is 3.31. The third-order valence-electron chi connectivity index (χ3n) is 3.84. The monoisotopic (exact) mass is 399 g/mol. The summed E-state index contributed by atoms with van der Waals surface area (Å²) in [4.78, 5) is 3.50. The van der Waals surface area contributed by atoms with Crippen molar-refractivity contribution in [1.82, 2.24) is 14.8 Å². The van der Waals surface area contributed by atoms with Crippen molar-refractivity contribution in [2.24, 2.45) is 0 Å². The second-order valence-electron chi connectivity index (χ2n) is 5.85. The van der Waals surface area contributed by atoms with Crippen molar-refractivity contribution in [3.05, 3.63) is 59.8 Å². The highest BCUT2D eigenvalue weighted by molar-refractivity contribution is 7.90. The smallest absolute Gasteiger partial charge is 0.261 e. The van der Waals surface area contributed by atoms with Crippen molar-refractivity contribution in [3.8, 4) is 16.9 Å². The third-order valence-corrected chi connectivity index (χ3v) is 4.97. The molecule has 0 bridgehead atoms. The summed E-state index contributed by atoms with van der Waals surface area (Å²) in [6.45, 7) is 1.62. The number of rotatable bonds is 3. The lowest BCUT2D eigenvalue weighted by molar-refractivity contribution is -0.141. The Morgan fingerprint density at radius 3 is 2.37 bits per heavy atom. The number of pyridine rings is 1. The molecule has 0 unspecified atom stereocenters. The Kier molecular flexibility index (Phi) is 4.54. The molecule has 142 valence electrons. The van der Waals surface area contributed by atoms with E-state index in [1.54, 1.807) is 19.1 Å². The summed E-state index contributed by atoms with van der Waals surface area (Å²) in [5, 5.41) is 3.55. The number of aryl methyl sites for hydroxylation is 1. The summed E-state index contributed by atoms with van der Waals surface area (Å²) < 4.78 is 77.8. The SMILES string of the molecule is Cc1ncccc1-c1cc(C(F)(F)F)nn1-c1ccc(S(C)(=O)=O)c(F)c1. The van der Waals surface area contributed by atoms with Gasteiger partial charge in [-0.2, -0.15) is 18.3 Å². The van der Waals surface area contributed by atoms with Crippen molar-refractivity contribution >= 4 is 9.84 Å². The number of halogens is 4. The van der Waals surface area contributed by atoms with Crippen LogP contribution in [0.15, 0.2) is 47.5 Å². The molecule has 0 N–H and O–H groups in total. The molecule has 0 fully saturated rings. The van der Waals surface area contributed by atoms with Crippen LogP contribution in [0.2, 0.25) is 0 Å². The Bertz CT molecular complexity index is 1120. The zero-order chi connectivity index (χ0) is 20.0. The lowest BCUT2D eigenvalue weighted by Gasteiger charge is -2.10. The van der Waals surface area contributed by atoms with E-state index in [4.69, 9.17) is 0 Å². The predicted molar refractivity (Wildman–Crippen MR) is 89.6 cm³/mol. The van der Waals surface area contributed by atoms with Crippen LogP contribution in [0.5, 0.6) is 0 Å². The Morgan fingerprint density at radius 1 is 1.11 bits per heavy atom. The van der Waals surface area contributed by atoms with E-state index in [1.807, 2.05) is 0 Å². The van der Waals surface area contributed by atoms with E-state index in [0.717, 1.165) is 29.1 Å². The summed E-state index contributed by atoms with van der Waals surface area (Å²) in [6, 6.07) is 6.99. The highest BCUT2D eigenvalue weighted by Crippen LogP contribution is 2.34. The lowest BCUT2D eigenvalue weighted by atomic mass is 10.1. The van der Waals surface area contributed by atoms with Crippen molar-refractivity contribution in [1.29, 1.82) is 0 Å². The first kappa shape index (κ1) is 19.0. The van der Waals surface area contributed by atoms with Crippen molar-refractivity contribution in [2.75, 3.05) is 6.26 Å². The summed E-state index contributed by atoms with van der Waals surface area (Å²) in [5.41, 5.74) is -0.310. The molecule has 0 radical (unpaired) electrons. The molecule has 0 spiro atoms. The van der Waals surface area contributed by atoms with Gasteiger partial charge in [0, 0.05) is 29.8 Å². The number of aromatic nitrogens is 3. The Morgan fingerprint density at radius 2 is 1.81 bits per heavy atom. The zero-order valence-electron chi connectivity index (χ0n) is 14.1. The average Bonchev–Trinajstić information content (AvgIpc) is 2.99. The van der Waals surface area contributed by atoms with E-state index in [1.165, 1.54) is 12.3 Å². The lowest BCUT2D eigenvalue weighted by Crippen LogP contribution is -2.08. The zero-order valence-corrected chi connectivity index (χ0v) is 14.9. The van der Waals surface area contributed by atoms with Crippen molar-refractivity contribution < 1.29 is 26.0 Å². The van der Waals surface area contributed by atoms with Gasteiger partial charge in [-0.25, -0.2) is 17.5 Å². The fourth-order valence-electron chi connectivity index (χ4n) is 2.59. The van der Waals surface area contributed by atoms with Crippen LogP contribution < -0.4 is 0 Å². The molecule has 1 aromatic carbocycles. The molecule has 0 aliphatic carbocycles. The van der Waals surface area contributed by atoms with Crippen LogP contribution in [0, 0.1) is 12.7 Å². The van der Waals surface area contributed by atoms with E-state index >= 15 is 0 Å². The third kappa shape index (κ3) is 3.70. The van der Waals surface area contributed by atoms with Gasteiger partial charge in [-0.05, 0) is 37.3 Å². The first-order chi connectivity index (χ1) is 12.5. The predicted octanol–water partition coefficient (Wildman–Crippen LogP) is 3.80. The van der Waals surface area contributed by atoms with Crippen LogP contribution in [-0.4, -0.2) is 29.4 Å². The molecule has 3 rings (SSSR count). The quantitative estimate of drug-likeness (QED) is 0.629. The maximum absolute atomic E-state index is 14.2. The molecule has 3 aromatic rings. The highest BCUT2D eigenvalue weighted by atomic mass is 32.2. The second kappa shape index (κ2) is 6.45. The van der Waals surface area contributed by atoms with Gasteiger partial charge >= 0.3 is 6.18 Å². The summed E-state index contributed by atoms with van der Waals surface area (Å²) in [7, 11) is -3.81. The van der Waals surface area contributed by atoms with Gasteiger partial charge in [-0.3, -0.25) is 4.98 Å². The van der Waals surface area contributed by atoms with Crippen LogP contribution in [0.1, 0.15) is 11.4 Å². The van der Waals surface area contributed by atoms with Crippen molar-refractivity contribution in [2.45, 2.75) is 18.0 Å². The minimum absolute atomic E-state index is 0.0475. The van der Waals surface area contributed by atoms with E-state index < -0.39 is 32.4 Å². The largest absolute Gasteiger partial charge is 0.435 e. The molecule has 10 heteroatoms. The van der Waals surface area contributed by atoms with Gasteiger partial charge in [0.25, 0.3) is 0 Å². The summed E-state index contributed by atoms with van der Waals surface area (Å²) >= 11 is 0. The molecule has 27 heavy (non-hydrogen) atoms.